The Morgan fingerprint density at radius 3 is 1.58 bits per heavy atom. The van der Waals surface area contributed by atoms with Crippen molar-refractivity contribution in [2.24, 2.45) is 0 Å². The zero-order chi connectivity index (χ0) is 17.7. The van der Waals surface area contributed by atoms with Crippen LogP contribution in [0.3, 0.4) is 0 Å². The van der Waals surface area contributed by atoms with Crippen LogP contribution in [0.5, 0.6) is 0 Å². The summed E-state index contributed by atoms with van der Waals surface area (Å²) in [5.74, 6) is -0.688. The van der Waals surface area contributed by atoms with E-state index in [9.17, 15) is 9.59 Å². The van der Waals surface area contributed by atoms with E-state index in [2.05, 4.69) is 31.6 Å². The zero-order valence-corrected chi connectivity index (χ0v) is 15.2. The average Bonchev–Trinajstić information content (AvgIpc) is 2.58. The number of rotatable bonds is 3. The minimum Gasteiger partial charge on any atom is -0.267 e. The summed E-state index contributed by atoms with van der Waals surface area (Å²) in [5, 5.41) is 0. The SMILES string of the molecule is CSc1ccc(C(=O)NNC(=O)c2ccc(C(C)(C)C)cc2)cc1. The van der Waals surface area contributed by atoms with Crippen molar-refractivity contribution < 1.29 is 9.59 Å². The smallest absolute Gasteiger partial charge is 0.267 e. The molecular formula is C19H22N2O2S. The molecule has 0 aromatic heterocycles. The maximum atomic E-state index is 12.1. The molecule has 2 aromatic carbocycles. The number of thioether (sulfide) groups is 1. The molecule has 0 aliphatic heterocycles. The third-order valence-corrected chi connectivity index (χ3v) is 4.40. The Hall–Kier alpha value is -2.27. The van der Waals surface area contributed by atoms with Gasteiger partial charge in [0.25, 0.3) is 11.8 Å². The summed E-state index contributed by atoms with van der Waals surface area (Å²) in [6.07, 6.45) is 1.97. The second kappa shape index (κ2) is 7.53. The highest BCUT2D eigenvalue weighted by molar-refractivity contribution is 7.98. The first-order valence-electron chi connectivity index (χ1n) is 7.66. The lowest BCUT2D eigenvalue weighted by atomic mass is 9.87. The van der Waals surface area contributed by atoms with Crippen molar-refractivity contribution in [2.45, 2.75) is 31.1 Å². The van der Waals surface area contributed by atoms with Gasteiger partial charge >= 0.3 is 0 Å². The van der Waals surface area contributed by atoms with Gasteiger partial charge in [0.15, 0.2) is 0 Å². The van der Waals surface area contributed by atoms with Crippen LogP contribution in [0.1, 0.15) is 47.1 Å². The van der Waals surface area contributed by atoms with Crippen molar-refractivity contribution in [3.05, 3.63) is 65.2 Å². The Balaban J connectivity index is 1.95. The van der Waals surface area contributed by atoms with Gasteiger partial charge in [0, 0.05) is 16.0 Å². The van der Waals surface area contributed by atoms with Crippen LogP contribution in [0.4, 0.5) is 0 Å². The number of hydrazine groups is 1. The fraction of sp³-hybridized carbons (Fsp3) is 0.263. The molecule has 126 valence electrons. The molecule has 2 rings (SSSR count). The third kappa shape index (κ3) is 4.61. The maximum absolute atomic E-state index is 12.1. The van der Waals surface area contributed by atoms with Gasteiger partial charge in [-0.25, -0.2) is 0 Å². The molecule has 0 unspecified atom stereocenters. The van der Waals surface area contributed by atoms with E-state index in [4.69, 9.17) is 0 Å². The van der Waals surface area contributed by atoms with Crippen LogP contribution in [0.2, 0.25) is 0 Å². The molecule has 2 N–H and O–H groups in total. The monoisotopic (exact) mass is 342 g/mol. The summed E-state index contributed by atoms with van der Waals surface area (Å²) >= 11 is 1.61. The molecule has 0 spiro atoms. The van der Waals surface area contributed by atoms with Gasteiger partial charge in [0.2, 0.25) is 0 Å². The number of hydrogen-bond donors (Lipinski definition) is 2. The van der Waals surface area contributed by atoms with Gasteiger partial charge in [-0.2, -0.15) is 0 Å². The van der Waals surface area contributed by atoms with Crippen molar-refractivity contribution in [1.82, 2.24) is 10.9 Å². The lowest BCUT2D eigenvalue weighted by Gasteiger charge is -2.19. The molecular weight excluding hydrogens is 320 g/mol. The molecule has 0 saturated carbocycles. The Bertz CT molecular complexity index is 717. The third-order valence-electron chi connectivity index (χ3n) is 3.65. The first-order valence-corrected chi connectivity index (χ1v) is 8.89. The molecule has 0 aliphatic rings. The summed E-state index contributed by atoms with van der Waals surface area (Å²) in [6, 6.07) is 14.6. The van der Waals surface area contributed by atoms with E-state index in [1.165, 1.54) is 0 Å². The molecule has 2 aromatic rings. The van der Waals surface area contributed by atoms with E-state index in [-0.39, 0.29) is 17.2 Å². The summed E-state index contributed by atoms with van der Waals surface area (Å²) in [6.45, 7) is 6.35. The predicted molar refractivity (Wildman–Crippen MR) is 98.3 cm³/mol. The van der Waals surface area contributed by atoms with E-state index in [1.807, 2.05) is 30.5 Å². The Kier molecular flexibility index (Phi) is 5.67. The van der Waals surface area contributed by atoms with Gasteiger partial charge < -0.3 is 0 Å². The molecule has 0 bridgehead atoms. The van der Waals surface area contributed by atoms with Crippen molar-refractivity contribution >= 4 is 23.6 Å². The largest absolute Gasteiger partial charge is 0.269 e. The van der Waals surface area contributed by atoms with Crippen LogP contribution in [0, 0.1) is 0 Å². The maximum Gasteiger partial charge on any atom is 0.269 e. The molecule has 4 nitrogen and oxygen atoms in total. The van der Waals surface area contributed by atoms with E-state index >= 15 is 0 Å². The van der Waals surface area contributed by atoms with Crippen LogP contribution in [0.25, 0.3) is 0 Å². The second-order valence-electron chi connectivity index (χ2n) is 6.46. The molecule has 0 saturated heterocycles. The molecule has 0 heterocycles. The van der Waals surface area contributed by atoms with Crippen LogP contribution in [0.15, 0.2) is 53.4 Å². The summed E-state index contributed by atoms with van der Waals surface area (Å²) < 4.78 is 0. The van der Waals surface area contributed by atoms with E-state index in [0.717, 1.165) is 10.5 Å². The van der Waals surface area contributed by atoms with E-state index in [1.54, 1.807) is 36.0 Å². The lowest BCUT2D eigenvalue weighted by Crippen LogP contribution is -2.41. The number of amides is 2. The van der Waals surface area contributed by atoms with Gasteiger partial charge in [-0.1, -0.05) is 32.9 Å². The average molecular weight is 342 g/mol. The van der Waals surface area contributed by atoms with Crippen LogP contribution >= 0.6 is 11.8 Å². The van der Waals surface area contributed by atoms with Gasteiger partial charge in [-0.05, 0) is 53.6 Å². The normalized spacial score (nSPS) is 11.0. The predicted octanol–water partition coefficient (Wildman–Crippen LogP) is 3.78. The zero-order valence-electron chi connectivity index (χ0n) is 14.3. The number of nitrogens with one attached hydrogen (secondary N) is 2. The van der Waals surface area contributed by atoms with Crippen molar-refractivity contribution in [2.75, 3.05) is 6.26 Å². The Morgan fingerprint density at radius 1 is 0.792 bits per heavy atom. The summed E-state index contributed by atoms with van der Waals surface area (Å²) in [7, 11) is 0. The van der Waals surface area contributed by atoms with Gasteiger partial charge in [-0.3, -0.25) is 20.4 Å². The highest BCUT2D eigenvalue weighted by Gasteiger charge is 2.14. The molecule has 0 aliphatic carbocycles. The van der Waals surface area contributed by atoms with E-state index < -0.39 is 0 Å². The highest BCUT2D eigenvalue weighted by atomic mass is 32.2. The fourth-order valence-electron chi connectivity index (χ4n) is 2.12. The van der Waals surface area contributed by atoms with Gasteiger partial charge in [-0.15, -0.1) is 11.8 Å². The topological polar surface area (TPSA) is 58.2 Å². The number of hydrogen-bond acceptors (Lipinski definition) is 3. The molecule has 0 atom stereocenters. The van der Waals surface area contributed by atoms with E-state index in [0.29, 0.717) is 11.1 Å². The van der Waals surface area contributed by atoms with Gasteiger partial charge in [0.1, 0.15) is 0 Å². The number of carbonyl (C=O) groups excluding carboxylic acids is 2. The first-order chi connectivity index (χ1) is 11.3. The molecule has 0 fully saturated rings. The molecule has 2 amide bonds. The number of carbonyl (C=O) groups is 2. The van der Waals surface area contributed by atoms with Crippen molar-refractivity contribution in [1.29, 1.82) is 0 Å². The van der Waals surface area contributed by atoms with Crippen LogP contribution in [-0.4, -0.2) is 18.1 Å². The van der Waals surface area contributed by atoms with Crippen LogP contribution in [-0.2, 0) is 5.41 Å². The quantitative estimate of drug-likeness (QED) is 0.659. The van der Waals surface area contributed by atoms with Crippen LogP contribution < -0.4 is 10.9 Å². The first kappa shape index (κ1) is 18.1. The molecule has 5 heteroatoms. The van der Waals surface area contributed by atoms with Crippen molar-refractivity contribution in [3.8, 4) is 0 Å². The highest BCUT2D eigenvalue weighted by Crippen LogP contribution is 2.22. The standard InChI is InChI=1S/C19H22N2O2S/c1-19(2,3)15-9-5-13(6-10-15)17(22)20-21-18(23)14-7-11-16(24-4)12-8-14/h5-12H,1-4H3,(H,20,22)(H,21,23). The minimum atomic E-state index is -0.345. The Morgan fingerprint density at radius 2 is 1.21 bits per heavy atom. The summed E-state index contributed by atoms with van der Waals surface area (Å²) in [5.41, 5.74) is 7.06. The van der Waals surface area contributed by atoms with Gasteiger partial charge in [0.05, 0.1) is 0 Å². The van der Waals surface area contributed by atoms with Crippen molar-refractivity contribution in [3.63, 3.8) is 0 Å². The second-order valence-corrected chi connectivity index (χ2v) is 7.34. The molecule has 24 heavy (non-hydrogen) atoms. The number of benzene rings is 2. The fourth-order valence-corrected chi connectivity index (χ4v) is 2.53. The Labute approximate surface area is 147 Å². The summed E-state index contributed by atoms with van der Waals surface area (Å²) in [4.78, 5) is 25.2. The minimum absolute atomic E-state index is 0.0339. The lowest BCUT2D eigenvalue weighted by molar-refractivity contribution is 0.0846. The molecule has 0 radical (unpaired) electrons.